The Kier molecular flexibility index (Phi) is 5.96. The van der Waals surface area contributed by atoms with Gasteiger partial charge in [0, 0.05) is 30.5 Å². The summed E-state index contributed by atoms with van der Waals surface area (Å²) in [6, 6.07) is 10.7. The molecule has 110 valence electrons. The van der Waals surface area contributed by atoms with Crippen LogP contribution < -0.4 is 0 Å². The summed E-state index contributed by atoms with van der Waals surface area (Å²) < 4.78 is 0. The molecular formula is C17H25NOS. The van der Waals surface area contributed by atoms with Gasteiger partial charge in [-0.3, -0.25) is 4.79 Å². The quantitative estimate of drug-likeness (QED) is 0.831. The summed E-state index contributed by atoms with van der Waals surface area (Å²) >= 11 is 1.99. The zero-order chi connectivity index (χ0) is 14.4. The highest BCUT2D eigenvalue weighted by Crippen LogP contribution is 2.34. The van der Waals surface area contributed by atoms with Crippen molar-refractivity contribution in [3.8, 4) is 0 Å². The van der Waals surface area contributed by atoms with E-state index in [-0.39, 0.29) is 0 Å². The van der Waals surface area contributed by atoms with E-state index in [4.69, 9.17) is 0 Å². The van der Waals surface area contributed by atoms with Gasteiger partial charge in [-0.25, -0.2) is 0 Å². The van der Waals surface area contributed by atoms with Crippen molar-refractivity contribution in [2.24, 2.45) is 5.92 Å². The van der Waals surface area contributed by atoms with Crippen molar-refractivity contribution in [3.05, 3.63) is 35.9 Å². The molecule has 0 bridgehead atoms. The smallest absolute Gasteiger partial charge is 0.222 e. The third kappa shape index (κ3) is 4.27. The van der Waals surface area contributed by atoms with Crippen molar-refractivity contribution in [3.63, 3.8) is 0 Å². The van der Waals surface area contributed by atoms with E-state index in [1.54, 1.807) is 0 Å². The number of rotatable bonds is 4. The van der Waals surface area contributed by atoms with Crippen LogP contribution in [0.25, 0.3) is 0 Å². The fourth-order valence-corrected chi connectivity index (χ4v) is 3.76. The first-order valence-corrected chi connectivity index (χ1v) is 8.70. The maximum absolute atomic E-state index is 12.3. The minimum Gasteiger partial charge on any atom is -0.342 e. The molecule has 1 aliphatic heterocycles. The van der Waals surface area contributed by atoms with Crippen LogP contribution in [0.2, 0.25) is 0 Å². The molecule has 1 amide bonds. The molecule has 1 aliphatic rings. The van der Waals surface area contributed by atoms with Gasteiger partial charge in [0.2, 0.25) is 5.91 Å². The molecule has 0 aliphatic carbocycles. The van der Waals surface area contributed by atoms with Crippen molar-refractivity contribution in [1.82, 2.24) is 4.90 Å². The van der Waals surface area contributed by atoms with E-state index in [0.717, 1.165) is 31.7 Å². The number of amides is 1. The molecule has 0 saturated carbocycles. The second-order valence-corrected chi connectivity index (χ2v) is 6.97. The average molecular weight is 291 g/mol. The normalized spacial score (nSPS) is 21.3. The molecule has 1 aromatic rings. The molecule has 1 saturated heterocycles. The van der Waals surface area contributed by atoms with Gasteiger partial charge in [0.05, 0.1) is 0 Å². The summed E-state index contributed by atoms with van der Waals surface area (Å²) in [5.41, 5.74) is 1.40. The highest BCUT2D eigenvalue weighted by molar-refractivity contribution is 7.99. The van der Waals surface area contributed by atoms with Gasteiger partial charge in [-0.1, -0.05) is 50.6 Å². The zero-order valence-electron chi connectivity index (χ0n) is 12.5. The lowest BCUT2D eigenvalue weighted by Gasteiger charge is -2.22. The van der Waals surface area contributed by atoms with E-state index in [2.05, 4.69) is 49.1 Å². The third-order valence-electron chi connectivity index (χ3n) is 4.09. The first-order valence-electron chi connectivity index (χ1n) is 7.65. The molecule has 2 atom stereocenters. The first-order chi connectivity index (χ1) is 9.70. The van der Waals surface area contributed by atoms with Crippen LogP contribution in [-0.2, 0) is 4.79 Å². The molecule has 20 heavy (non-hydrogen) atoms. The zero-order valence-corrected chi connectivity index (χ0v) is 13.4. The van der Waals surface area contributed by atoms with Crippen LogP contribution in [0.5, 0.6) is 0 Å². The van der Waals surface area contributed by atoms with Crippen LogP contribution in [0.1, 0.15) is 43.9 Å². The van der Waals surface area contributed by atoms with Gasteiger partial charge < -0.3 is 4.90 Å². The van der Waals surface area contributed by atoms with E-state index < -0.39 is 0 Å². The first kappa shape index (κ1) is 15.4. The van der Waals surface area contributed by atoms with Gasteiger partial charge >= 0.3 is 0 Å². The highest BCUT2D eigenvalue weighted by atomic mass is 32.2. The Morgan fingerprint density at radius 3 is 2.80 bits per heavy atom. The van der Waals surface area contributed by atoms with Crippen LogP contribution in [-0.4, -0.2) is 29.6 Å². The van der Waals surface area contributed by atoms with Crippen molar-refractivity contribution in [1.29, 1.82) is 0 Å². The largest absolute Gasteiger partial charge is 0.342 e. The number of carbonyl (C=O) groups excluding carboxylic acids is 1. The number of carbonyl (C=O) groups is 1. The summed E-state index contributed by atoms with van der Waals surface area (Å²) in [5, 5.41) is 0.539. The van der Waals surface area contributed by atoms with Gasteiger partial charge in [-0.15, -0.1) is 0 Å². The van der Waals surface area contributed by atoms with Gasteiger partial charge in [0.15, 0.2) is 0 Å². The van der Waals surface area contributed by atoms with Crippen LogP contribution in [0, 0.1) is 5.92 Å². The third-order valence-corrected chi connectivity index (χ3v) is 5.41. The average Bonchev–Trinajstić information content (AvgIpc) is 2.74. The SMILES string of the molecule is CCC(C)CC(=O)N1CCSC(c2ccccc2)CC1. The number of benzene rings is 1. The topological polar surface area (TPSA) is 20.3 Å². The number of hydrogen-bond acceptors (Lipinski definition) is 2. The number of nitrogens with zero attached hydrogens (tertiary/aromatic N) is 1. The minimum absolute atomic E-state index is 0.341. The van der Waals surface area contributed by atoms with Crippen LogP contribution in [0.15, 0.2) is 30.3 Å². The molecule has 1 fully saturated rings. The predicted molar refractivity (Wildman–Crippen MR) is 86.9 cm³/mol. The molecule has 3 heteroatoms. The number of hydrogen-bond donors (Lipinski definition) is 0. The maximum atomic E-state index is 12.3. The Morgan fingerprint density at radius 1 is 1.35 bits per heavy atom. The van der Waals surface area contributed by atoms with E-state index in [1.165, 1.54) is 5.56 Å². The molecule has 0 radical (unpaired) electrons. The summed E-state index contributed by atoms with van der Waals surface area (Å²) in [6.07, 6.45) is 2.86. The number of thioether (sulfide) groups is 1. The fraction of sp³-hybridized carbons (Fsp3) is 0.588. The molecule has 2 rings (SSSR count). The lowest BCUT2D eigenvalue weighted by Crippen LogP contribution is -2.33. The molecule has 2 nitrogen and oxygen atoms in total. The van der Waals surface area contributed by atoms with E-state index in [1.807, 2.05) is 11.8 Å². The van der Waals surface area contributed by atoms with Gasteiger partial charge in [0.1, 0.15) is 0 Å². The summed E-state index contributed by atoms with van der Waals surface area (Å²) in [4.78, 5) is 14.4. The van der Waals surface area contributed by atoms with Crippen molar-refractivity contribution < 1.29 is 4.79 Å². The van der Waals surface area contributed by atoms with E-state index in [9.17, 15) is 4.79 Å². The van der Waals surface area contributed by atoms with Gasteiger partial charge in [-0.2, -0.15) is 11.8 Å². The van der Waals surface area contributed by atoms with Crippen molar-refractivity contribution >= 4 is 17.7 Å². The lowest BCUT2D eigenvalue weighted by molar-refractivity contribution is -0.131. The Morgan fingerprint density at radius 2 is 2.10 bits per heavy atom. The second kappa shape index (κ2) is 7.72. The van der Waals surface area contributed by atoms with E-state index in [0.29, 0.717) is 23.5 Å². The Bertz CT molecular complexity index is 420. The second-order valence-electron chi connectivity index (χ2n) is 5.66. The molecule has 0 spiro atoms. The molecule has 2 unspecified atom stereocenters. The molecule has 0 N–H and O–H groups in total. The lowest BCUT2D eigenvalue weighted by atomic mass is 10.0. The Labute approximate surface area is 126 Å². The van der Waals surface area contributed by atoms with Gasteiger partial charge in [-0.05, 0) is 17.9 Å². The molecular weight excluding hydrogens is 266 g/mol. The minimum atomic E-state index is 0.341. The van der Waals surface area contributed by atoms with Crippen LogP contribution in [0.3, 0.4) is 0 Å². The highest BCUT2D eigenvalue weighted by Gasteiger charge is 2.22. The Balaban J connectivity index is 1.90. The summed E-state index contributed by atoms with van der Waals surface area (Å²) in [6.45, 7) is 6.13. The predicted octanol–water partition coefficient (Wildman–Crippen LogP) is 4.13. The summed E-state index contributed by atoms with van der Waals surface area (Å²) in [5.74, 6) is 1.89. The maximum Gasteiger partial charge on any atom is 0.222 e. The molecule has 0 aromatic heterocycles. The molecule has 1 aromatic carbocycles. The van der Waals surface area contributed by atoms with Crippen LogP contribution >= 0.6 is 11.8 Å². The van der Waals surface area contributed by atoms with E-state index >= 15 is 0 Å². The van der Waals surface area contributed by atoms with Crippen LogP contribution in [0.4, 0.5) is 0 Å². The summed E-state index contributed by atoms with van der Waals surface area (Å²) in [7, 11) is 0. The fourth-order valence-electron chi connectivity index (χ4n) is 2.52. The Hall–Kier alpha value is -0.960. The van der Waals surface area contributed by atoms with Crippen molar-refractivity contribution in [2.45, 2.75) is 38.4 Å². The van der Waals surface area contributed by atoms with Crippen molar-refractivity contribution in [2.75, 3.05) is 18.8 Å². The van der Waals surface area contributed by atoms with Gasteiger partial charge in [0.25, 0.3) is 0 Å². The molecule has 1 heterocycles. The standard InChI is InChI=1S/C17H25NOS/c1-3-14(2)13-17(19)18-10-9-16(20-12-11-18)15-7-5-4-6-8-15/h4-8,14,16H,3,9-13H2,1-2H3. The monoisotopic (exact) mass is 291 g/mol.